The Labute approximate surface area is 125 Å². The molecule has 8 heteroatoms. The van der Waals surface area contributed by atoms with E-state index in [0.717, 1.165) is 6.07 Å². The van der Waals surface area contributed by atoms with Crippen molar-refractivity contribution in [2.24, 2.45) is 0 Å². The van der Waals surface area contributed by atoms with Gasteiger partial charge in [-0.2, -0.15) is 13.2 Å². The molecule has 1 aliphatic rings. The summed E-state index contributed by atoms with van der Waals surface area (Å²) >= 11 is 0. The van der Waals surface area contributed by atoms with Gasteiger partial charge in [-0.15, -0.1) is 0 Å². The van der Waals surface area contributed by atoms with Crippen molar-refractivity contribution in [3.8, 4) is 5.88 Å². The maximum atomic E-state index is 12.6. The summed E-state index contributed by atoms with van der Waals surface area (Å²) in [4.78, 5) is 3.39. The molecule has 0 aliphatic carbocycles. The smallest absolute Gasteiger partial charge is 0.433 e. The topological polar surface area (TPSA) is 71.8 Å². The Balaban J connectivity index is 2.21. The molecule has 22 heavy (non-hydrogen) atoms. The molecule has 0 spiro atoms. The highest BCUT2D eigenvalue weighted by Gasteiger charge is 2.43. The van der Waals surface area contributed by atoms with Crippen LogP contribution in [0.15, 0.2) is 18.2 Å². The van der Waals surface area contributed by atoms with Crippen LogP contribution in [0.25, 0.3) is 0 Å². The molecule has 1 saturated heterocycles. The minimum absolute atomic E-state index is 0.275. The van der Waals surface area contributed by atoms with Gasteiger partial charge in [0.25, 0.3) is 0 Å². The normalized spacial score (nSPS) is 32.8. The van der Waals surface area contributed by atoms with E-state index in [1.165, 1.54) is 12.1 Å². The van der Waals surface area contributed by atoms with Gasteiger partial charge in [0.15, 0.2) is 6.10 Å². The van der Waals surface area contributed by atoms with Crippen LogP contribution < -0.4 is 4.74 Å². The lowest BCUT2D eigenvalue weighted by Crippen LogP contribution is -2.58. The third kappa shape index (κ3) is 3.50. The molecule has 124 valence electrons. The van der Waals surface area contributed by atoms with Crippen LogP contribution in [0.1, 0.15) is 26.0 Å². The molecule has 0 radical (unpaired) electrons. The fourth-order valence-electron chi connectivity index (χ4n) is 2.38. The number of pyridine rings is 1. The van der Waals surface area contributed by atoms with Crippen molar-refractivity contribution in [1.82, 2.24) is 4.98 Å². The predicted octanol–water partition coefficient (Wildman–Crippen LogP) is 1.77. The fourth-order valence-corrected chi connectivity index (χ4v) is 2.38. The Bertz CT molecular complexity index is 509. The highest BCUT2D eigenvalue weighted by Crippen LogP contribution is 2.30. The van der Waals surface area contributed by atoms with E-state index in [-0.39, 0.29) is 5.88 Å². The van der Waals surface area contributed by atoms with Gasteiger partial charge in [-0.1, -0.05) is 13.0 Å². The maximum absolute atomic E-state index is 12.6. The molecular weight excluding hydrogens is 303 g/mol. The summed E-state index contributed by atoms with van der Waals surface area (Å²) in [6.07, 6.45) is -8.70. The minimum atomic E-state index is -4.58. The largest absolute Gasteiger partial charge is 0.469 e. The molecule has 2 heterocycles. The van der Waals surface area contributed by atoms with E-state index in [1.807, 2.05) is 0 Å². The van der Waals surface area contributed by atoms with Crippen LogP contribution in [0.3, 0.4) is 0 Å². The van der Waals surface area contributed by atoms with E-state index in [2.05, 4.69) is 4.98 Å². The molecule has 1 aliphatic heterocycles. The molecule has 5 atom stereocenters. The number of aromatic nitrogens is 1. The van der Waals surface area contributed by atoms with Gasteiger partial charge in [-0.25, -0.2) is 4.98 Å². The second-order valence-electron chi connectivity index (χ2n) is 5.21. The Morgan fingerprint density at radius 1 is 1.27 bits per heavy atom. The van der Waals surface area contributed by atoms with Crippen LogP contribution in [0.4, 0.5) is 13.2 Å². The average Bonchev–Trinajstić information content (AvgIpc) is 2.47. The Kier molecular flexibility index (Phi) is 4.93. The zero-order valence-corrected chi connectivity index (χ0v) is 12.1. The highest BCUT2D eigenvalue weighted by molar-refractivity contribution is 5.18. The maximum Gasteiger partial charge on any atom is 0.433 e. The van der Waals surface area contributed by atoms with Crippen molar-refractivity contribution in [3.05, 3.63) is 23.9 Å². The van der Waals surface area contributed by atoms with E-state index in [4.69, 9.17) is 9.47 Å². The molecule has 2 N–H and O–H groups in total. The second kappa shape index (κ2) is 6.39. The van der Waals surface area contributed by atoms with Gasteiger partial charge in [0, 0.05) is 6.07 Å². The summed E-state index contributed by atoms with van der Waals surface area (Å²) in [5, 5.41) is 19.9. The number of nitrogens with zero attached hydrogens (tertiary/aromatic N) is 1. The third-order valence-electron chi connectivity index (χ3n) is 3.60. The van der Waals surface area contributed by atoms with E-state index < -0.39 is 42.4 Å². The van der Waals surface area contributed by atoms with E-state index in [9.17, 15) is 23.4 Å². The zero-order valence-electron chi connectivity index (χ0n) is 12.1. The molecule has 0 saturated carbocycles. The molecule has 0 aromatic carbocycles. The first-order valence-electron chi connectivity index (χ1n) is 6.96. The number of rotatable bonds is 3. The molecular formula is C14H18F3NO4. The van der Waals surface area contributed by atoms with Gasteiger partial charge in [-0.05, 0) is 19.4 Å². The summed E-state index contributed by atoms with van der Waals surface area (Å²) < 4.78 is 48.8. The van der Waals surface area contributed by atoms with Crippen LogP contribution >= 0.6 is 0 Å². The van der Waals surface area contributed by atoms with Crippen molar-refractivity contribution in [3.63, 3.8) is 0 Å². The van der Waals surface area contributed by atoms with Crippen molar-refractivity contribution < 1.29 is 32.9 Å². The van der Waals surface area contributed by atoms with Crippen molar-refractivity contribution >= 4 is 0 Å². The molecule has 0 unspecified atom stereocenters. The Morgan fingerprint density at radius 3 is 2.55 bits per heavy atom. The minimum Gasteiger partial charge on any atom is -0.469 e. The number of halogens is 3. The van der Waals surface area contributed by atoms with Crippen molar-refractivity contribution in [2.75, 3.05) is 0 Å². The first kappa shape index (κ1) is 17.0. The van der Waals surface area contributed by atoms with Crippen LogP contribution in [0, 0.1) is 0 Å². The number of hydrogen-bond acceptors (Lipinski definition) is 5. The third-order valence-corrected chi connectivity index (χ3v) is 3.60. The SMILES string of the molecule is CC[C@H]1O[C@H](C)[C@H](O)[C@H](O)[C@H]1Oc1cccc(C(F)(F)F)n1. The summed E-state index contributed by atoms with van der Waals surface area (Å²) in [6, 6.07) is 3.26. The lowest BCUT2D eigenvalue weighted by atomic mass is 9.94. The van der Waals surface area contributed by atoms with Crippen LogP contribution in [0.5, 0.6) is 5.88 Å². The average molecular weight is 321 g/mol. The Hall–Kier alpha value is -1.38. The molecule has 1 fully saturated rings. The van der Waals surface area contributed by atoms with Crippen molar-refractivity contribution in [1.29, 1.82) is 0 Å². The molecule has 2 rings (SSSR count). The van der Waals surface area contributed by atoms with Crippen LogP contribution in [-0.2, 0) is 10.9 Å². The van der Waals surface area contributed by atoms with Gasteiger partial charge < -0.3 is 19.7 Å². The number of aliphatic hydroxyl groups excluding tert-OH is 2. The Morgan fingerprint density at radius 2 is 1.95 bits per heavy atom. The lowest BCUT2D eigenvalue weighted by molar-refractivity contribution is -0.211. The second-order valence-corrected chi connectivity index (χ2v) is 5.21. The van der Waals surface area contributed by atoms with Gasteiger partial charge in [-0.3, -0.25) is 0 Å². The van der Waals surface area contributed by atoms with E-state index in [0.29, 0.717) is 6.42 Å². The number of ether oxygens (including phenoxy) is 2. The predicted molar refractivity (Wildman–Crippen MR) is 70.3 cm³/mol. The van der Waals surface area contributed by atoms with Gasteiger partial charge >= 0.3 is 6.18 Å². The quantitative estimate of drug-likeness (QED) is 0.888. The summed E-state index contributed by atoms with van der Waals surface area (Å²) in [5.74, 6) is -0.275. The monoisotopic (exact) mass is 321 g/mol. The summed E-state index contributed by atoms with van der Waals surface area (Å²) in [5.41, 5.74) is -1.09. The first-order valence-corrected chi connectivity index (χ1v) is 6.96. The van der Waals surface area contributed by atoms with Crippen LogP contribution in [0.2, 0.25) is 0 Å². The first-order chi connectivity index (χ1) is 10.2. The lowest BCUT2D eigenvalue weighted by Gasteiger charge is -2.41. The summed E-state index contributed by atoms with van der Waals surface area (Å²) in [6.45, 7) is 3.40. The molecule has 0 amide bonds. The number of alkyl halides is 3. The molecule has 1 aromatic heterocycles. The van der Waals surface area contributed by atoms with Crippen LogP contribution in [-0.4, -0.2) is 45.7 Å². The fraction of sp³-hybridized carbons (Fsp3) is 0.643. The van der Waals surface area contributed by atoms with Gasteiger partial charge in [0.1, 0.15) is 17.9 Å². The van der Waals surface area contributed by atoms with Crippen molar-refractivity contribution in [2.45, 2.75) is 57.0 Å². The van der Waals surface area contributed by atoms with E-state index >= 15 is 0 Å². The summed E-state index contributed by atoms with van der Waals surface area (Å²) in [7, 11) is 0. The molecule has 1 aromatic rings. The van der Waals surface area contributed by atoms with Gasteiger partial charge in [0.2, 0.25) is 5.88 Å². The standard InChI is InChI=1S/C14H18F3NO4/c1-3-8-13(12(20)11(19)7(2)21-8)22-10-6-4-5-9(18-10)14(15,16)17/h4-8,11-13,19-20H,3H2,1-2H3/t7-,8-,11+,12+,13+/m1/s1. The zero-order chi connectivity index (χ0) is 16.5. The number of aliphatic hydroxyl groups is 2. The molecule has 0 bridgehead atoms. The van der Waals surface area contributed by atoms with E-state index in [1.54, 1.807) is 13.8 Å². The molecule has 5 nitrogen and oxygen atoms in total. The number of hydrogen-bond donors (Lipinski definition) is 2. The van der Waals surface area contributed by atoms with Gasteiger partial charge in [0.05, 0.1) is 12.2 Å². The highest BCUT2D eigenvalue weighted by atomic mass is 19.4.